The molecule has 0 atom stereocenters. The molecule has 180 valence electrons. The summed E-state index contributed by atoms with van der Waals surface area (Å²) < 4.78 is 2.06. The van der Waals surface area contributed by atoms with Crippen LogP contribution < -0.4 is 5.43 Å². The molecule has 3 aromatic heterocycles. The fourth-order valence-corrected chi connectivity index (χ4v) is 4.41. The molecule has 0 aliphatic heterocycles. The number of hydrogen-bond acceptors (Lipinski definition) is 4. The zero-order valence-corrected chi connectivity index (χ0v) is 20.7. The van der Waals surface area contributed by atoms with Gasteiger partial charge in [-0.1, -0.05) is 36.4 Å². The number of H-pyrrole nitrogens is 1. The average Bonchev–Trinajstić information content (AvgIpc) is 3.17. The molecule has 35 heavy (non-hydrogen) atoms. The fourth-order valence-electron chi connectivity index (χ4n) is 4.41. The molecule has 1 amide bonds. The summed E-state index contributed by atoms with van der Waals surface area (Å²) in [5.74, 6) is -0.284. The highest BCUT2D eigenvalue weighted by molar-refractivity contribution is 5.95. The molecule has 0 saturated heterocycles. The lowest BCUT2D eigenvalue weighted by Gasteiger charge is -2.23. The molecular formula is C28H31N5O2. The van der Waals surface area contributed by atoms with Crippen LogP contribution in [0.3, 0.4) is 0 Å². The number of carbonyl (C=O) groups excluding carboxylic acids is 1. The van der Waals surface area contributed by atoms with Crippen molar-refractivity contribution in [2.75, 3.05) is 7.05 Å². The van der Waals surface area contributed by atoms with Crippen molar-refractivity contribution in [2.45, 2.75) is 46.7 Å². The van der Waals surface area contributed by atoms with E-state index in [0.29, 0.717) is 19.5 Å². The van der Waals surface area contributed by atoms with Crippen LogP contribution in [0, 0.1) is 20.8 Å². The van der Waals surface area contributed by atoms with E-state index in [2.05, 4.69) is 31.9 Å². The van der Waals surface area contributed by atoms with Crippen LogP contribution in [0.25, 0.3) is 0 Å². The molecule has 1 aromatic carbocycles. The van der Waals surface area contributed by atoms with Gasteiger partial charge in [-0.2, -0.15) is 5.10 Å². The smallest absolute Gasteiger partial charge is 0.259 e. The molecule has 0 saturated carbocycles. The van der Waals surface area contributed by atoms with Crippen LogP contribution in [0.15, 0.2) is 65.6 Å². The zero-order valence-electron chi connectivity index (χ0n) is 20.7. The van der Waals surface area contributed by atoms with Gasteiger partial charge >= 0.3 is 0 Å². The second-order valence-electron chi connectivity index (χ2n) is 8.94. The molecule has 0 fully saturated rings. The Balaban J connectivity index is 1.76. The Morgan fingerprint density at radius 2 is 1.77 bits per heavy atom. The van der Waals surface area contributed by atoms with Gasteiger partial charge in [0, 0.05) is 48.5 Å². The van der Waals surface area contributed by atoms with Crippen molar-refractivity contribution in [3.05, 3.63) is 116 Å². The quantitative estimate of drug-likeness (QED) is 0.423. The van der Waals surface area contributed by atoms with Crippen LogP contribution in [-0.4, -0.2) is 37.6 Å². The standard InChI is InChI=1S/C28H31N5O2/c1-19-16-26(34)27(28(35)32(4)18-24-20(2)30-31-21(24)3)25(14-13-22-10-6-5-7-11-22)33(19)17-23-12-8-9-15-29-23/h5-12,15-16H,13-14,17-18H2,1-4H3,(H,30,31). The first-order chi connectivity index (χ1) is 16.8. The second-order valence-corrected chi connectivity index (χ2v) is 8.94. The van der Waals surface area contributed by atoms with Crippen LogP contribution in [0.4, 0.5) is 0 Å². The van der Waals surface area contributed by atoms with Gasteiger partial charge in [-0.15, -0.1) is 0 Å². The number of aromatic nitrogens is 4. The minimum absolute atomic E-state index is 0.226. The highest BCUT2D eigenvalue weighted by Crippen LogP contribution is 2.18. The second kappa shape index (κ2) is 10.5. The van der Waals surface area contributed by atoms with Gasteiger partial charge in [0.2, 0.25) is 0 Å². The lowest BCUT2D eigenvalue weighted by Crippen LogP contribution is -2.34. The number of pyridine rings is 2. The van der Waals surface area contributed by atoms with Gasteiger partial charge in [0.25, 0.3) is 5.91 Å². The van der Waals surface area contributed by atoms with E-state index in [1.165, 1.54) is 0 Å². The van der Waals surface area contributed by atoms with Crippen LogP contribution in [-0.2, 0) is 25.9 Å². The lowest BCUT2D eigenvalue weighted by molar-refractivity contribution is 0.0781. The Kier molecular flexibility index (Phi) is 7.25. The summed E-state index contributed by atoms with van der Waals surface area (Å²) in [4.78, 5) is 33.1. The third-order valence-electron chi connectivity index (χ3n) is 6.40. The predicted molar refractivity (Wildman–Crippen MR) is 136 cm³/mol. The molecule has 7 heteroatoms. The van der Waals surface area contributed by atoms with Gasteiger partial charge in [0.05, 0.1) is 17.9 Å². The van der Waals surface area contributed by atoms with E-state index in [9.17, 15) is 9.59 Å². The van der Waals surface area contributed by atoms with Gasteiger partial charge in [0.15, 0.2) is 5.43 Å². The maximum Gasteiger partial charge on any atom is 0.259 e. The van der Waals surface area contributed by atoms with Crippen molar-refractivity contribution in [2.24, 2.45) is 0 Å². The number of benzene rings is 1. The summed E-state index contributed by atoms with van der Waals surface area (Å²) in [5.41, 5.74) is 6.29. The van der Waals surface area contributed by atoms with Crippen molar-refractivity contribution < 1.29 is 4.79 Å². The Morgan fingerprint density at radius 1 is 1.03 bits per heavy atom. The molecule has 0 radical (unpaired) electrons. The molecule has 1 N–H and O–H groups in total. The van der Waals surface area contributed by atoms with Crippen LogP contribution in [0.5, 0.6) is 0 Å². The number of carbonyl (C=O) groups is 1. The summed E-state index contributed by atoms with van der Waals surface area (Å²) in [7, 11) is 1.73. The number of nitrogens with zero attached hydrogens (tertiary/aromatic N) is 4. The van der Waals surface area contributed by atoms with E-state index in [0.717, 1.165) is 46.0 Å². The van der Waals surface area contributed by atoms with E-state index in [1.807, 2.05) is 57.2 Å². The van der Waals surface area contributed by atoms with Crippen molar-refractivity contribution in [3.63, 3.8) is 0 Å². The summed E-state index contributed by atoms with van der Waals surface area (Å²) in [5, 5.41) is 7.20. The molecular weight excluding hydrogens is 438 g/mol. The van der Waals surface area contributed by atoms with Crippen molar-refractivity contribution in [3.8, 4) is 0 Å². The zero-order chi connectivity index (χ0) is 24.9. The highest BCUT2D eigenvalue weighted by atomic mass is 16.2. The van der Waals surface area contributed by atoms with E-state index in [4.69, 9.17) is 0 Å². The Bertz CT molecular complexity index is 1350. The summed E-state index contributed by atoms with van der Waals surface area (Å²) in [6.45, 7) is 6.62. The molecule has 0 spiro atoms. The fraction of sp³-hybridized carbons (Fsp3) is 0.286. The van der Waals surface area contributed by atoms with E-state index < -0.39 is 0 Å². The largest absolute Gasteiger partial charge is 0.342 e. The molecule has 4 rings (SSSR count). The molecule has 0 bridgehead atoms. The van der Waals surface area contributed by atoms with Crippen LogP contribution in [0.2, 0.25) is 0 Å². The van der Waals surface area contributed by atoms with Gasteiger partial charge in [-0.05, 0) is 51.3 Å². The lowest BCUT2D eigenvalue weighted by atomic mass is 10.0. The molecule has 4 aromatic rings. The highest BCUT2D eigenvalue weighted by Gasteiger charge is 2.24. The Morgan fingerprint density at radius 3 is 2.43 bits per heavy atom. The van der Waals surface area contributed by atoms with Gasteiger partial charge < -0.3 is 9.47 Å². The first-order valence-corrected chi connectivity index (χ1v) is 11.8. The minimum atomic E-state index is -0.284. The van der Waals surface area contributed by atoms with E-state index >= 15 is 0 Å². The number of aryl methyl sites for hydroxylation is 4. The summed E-state index contributed by atoms with van der Waals surface area (Å²) >= 11 is 0. The molecule has 0 aliphatic carbocycles. The molecule has 3 heterocycles. The minimum Gasteiger partial charge on any atom is -0.342 e. The summed E-state index contributed by atoms with van der Waals surface area (Å²) in [6, 6.07) is 17.5. The van der Waals surface area contributed by atoms with Gasteiger partial charge in [-0.3, -0.25) is 19.7 Å². The van der Waals surface area contributed by atoms with Crippen molar-refractivity contribution >= 4 is 5.91 Å². The van der Waals surface area contributed by atoms with E-state index in [1.54, 1.807) is 24.2 Å². The average molecular weight is 470 g/mol. The van der Waals surface area contributed by atoms with Crippen molar-refractivity contribution in [1.82, 2.24) is 24.6 Å². The first kappa shape index (κ1) is 24.1. The maximum absolute atomic E-state index is 13.7. The number of nitrogens with one attached hydrogen (secondary N) is 1. The molecule has 7 nitrogen and oxygen atoms in total. The number of hydrogen-bond donors (Lipinski definition) is 1. The molecule has 0 unspecified atom stereocenters. The van der Waals surface area contributed by atoms with Crippen LogP contribution >= 0.6 is 0 Å². The third-order valence-corrected chi connectivity index (χ3v) is 6.40. The topological polar surface area (TPSA) is 83.9 Å². The first-order valence-electron chi connectivity index (χ1n) is 11.8. The van der Waals surface area contributed by atoms with Gasteiger partial charge in [0.1, 0.15) is 5.56 Å². The third kappa shape index (κ3) is 5.40. The maximum atomic E-state index is 13.7. The number of aromatic amines is 1. The van der Waals surface area contributed by atoms with Crippen LogP contribution in [0.1, 0.15) is 50.0 Å². The summed E-state index contributed by atoms with van der Waals surface area (Å²) in [6.07, 6.45) is 3.04. The van der Waals surface area contributed by atoms with E-state index in [-0.39, 0.29) is 16.9 Å². The Hall–Kier alpha value is -4.00. The SMILES string of the molecule is Cc1n[nH]c(C)c1CN(C)C(=O)c1c(CCc2ccccc2)n(Cc2ccccn2)c(C)cc1=O. The van der Waals surface area contributed by atoms with Crippen molar-refractivity contribution in [1.29, 1.82) is 0 Å². The molecule has 0 aliphatic rings. The monoisotopic (exact) mass is 469 g/mol. The number of rotatable bonds is 8. The number of amides is 1. The normalized spacial score (nSPS) is 11.0. The predicted octanol–water partition coefficient (Wildman–Crippen LogP) is 4.00. The van der Waals surface area contributed by atoms with Gasteiger partial charge in [-0.25, -0.2) is 0 Å². The Labute approximate surface area is 205 Å².